The van der Waals surface area contributed by atoms with Gasteiger partial charge in [0.2, 0.25) is 5.78 Å². The molecule has 3 aliphatic rings. The summed E-state index contributed by atoms with van der Waals surface area (Å²) >= 11 is 0. The van der Waals surface area contributed by atoms with Crippen LogP contribution in [0.3, 0.4) is 0 Å². The number of allylic oxidation sites excluding steroid dienone is 2. The summed E-state index contributed by atoms with van der Waals surface area (Å²) < 4.78 is 5.80. The molecular formula is C42H46O8. The van der Waals surface area contributed by atoms with Crippen LogP contribution in [0.1, 0.15) is 80.9 Å². The molecule has 50 heavy (non-hydrogen) atoms. The highest BCUT2D eigenvalue weighted by Crippen LogP contribution is 2.65. The van der Waals surface area contributed by atoms with Crippen molar-refractivity contribution in [3.8, 4) is 22.6 Å². The fraction of sp³-hybridized carbons (Fsp3) is 0.405. The van der Waals surface area contributed by atoms with Gasteiger partial charge in [0, 0.05) is 27.9 Å². The number of Topliss-reactive ketones (excluding diaryl/α,β-unsaturated/α-hetero) is 3. The van der Waals surface area contributed by atoms with Crippen molar-refractivity contribution < 1.29 is 39.5 Å². The van der Waals surface area contributed by atoms with E-state index in [0.29, 0.717) is 16.9 Å². The molecule has 0 saturated carbocycles. The molecule has 3 aromatic rings. The lowest BCUT2D eigenvalue weighted by Crippen LogP contribution is -2.67. The van der Waals surface area contributed by atoms with Gasteiger partial charge in [0.1, 0.15) is 28.6 Å². The third-order valence-corrected chi connectivity index (χ3v) is 11.5. The normalized spacial score (nSPS) is 26.1. The SMILES string of the molecule is COc1ccc(CCCCc2ccccc2)cc1-c1ccc(O)c2c1C[C@]1(C)C[C@]3(C)C(C(C)C)C(O)=C(C(C)=O)C(=O)[C@]3(O)C(O)=C1C2=O. The van der Waals surface area contributed by atoms with E-state index in [1.54, 1.807) is 20.1 Å². The zero-order valence-electron chi connectivity index (χ0n) is 29.6. The van der Waals surface area contributed by atoms with Gasteiger partial charge in [-0.2, -0.15) is 0 Å². The van der Waals surface area contributed by atoms with Gasteiger partial charge in [-0.25, -0.2) is 0 Å². The van der Waals surface area contributed by atoms with Crippen LogP contribution in [0.25, 0.3) is 11.1 Å². The Balaban J connectivity index is 1.45. The van der Waals surface area contributed by atoms with Crippen LogP contribution in [0.15, 0.2) is 83.3 Å². The van der Waals surface area contributed by atoms with Crippen LogP contribution in [0, 0.1) is 22.7 Å². The first-order valence-electron chi connectivity index (χ1n) is 17.4. The van der Waals surface area contributed by atoms with Crippen LogP contribution >= 0.6 is 0 Å². The number of fused-ring (bicyclic) bond motifs is 3. The third kappa shape index (κ3) is 5.18. The fourth-order valence-corrected chi connectivity index (χ4v) is 9.41. The smallest absolute Gasteiger partial charge is 0.209 e. The van der Waals surface area contributed by atoms with E-state index in [1.807, 2.05) is 51.1 Å². The molecule has 8 heteroatoms. The van der Waals surface area contributed by atoms with E-state index in [9.17, 15) is 34.8 Å². The summed E-state index contributed by atoms with van der Waals surface area (Å²) in [6, 6.07) is 19.6. The maximum atomic E-state index is 14.5. The topological polar surface area (TPSA) is 141 Å². The monoisotopic (exact) mass is 678 g/mol. The number of phenols is 1. The molecule has 3 aromatic carbocycles. The molecule has 4 N–H and O–H groups in total. The number of ketones is 3. The van der Waals surface area contributed by atoms with Gasteiger partial charge >= 0.3 is 0 Å². The van der Waals surface area contributed by atoms with Crippen molar-refractivity contribution in [3.63, 3.8) is 0 Å². The molecule has 0 aliphatic heterocycles. The quantitative estimate of drug-likeness (QED) is 0.134. The second-order valence-corrected chi connectivity index (χ2v) is 15.2. The first kappa shape index (κ1) is 35.1. The predicted octanol–water partition coefficient (Wildman–Crippen LogP) is 7.59. The summed E-state index contributed by atoms with van der Waals surface area (Å²) in [6.07, 6.45) is 4.02. The number of ether oxygens (including phenoxy) is 1. The number of methoxy groups -OCH3 is 1. The minimum atomic E-state index is -2.65. The lowest BCUT2D eigenvalue weighted by molar-refractivity contribution is -0.171. The van der Waals surface area contributed by atoms with Crippen LogP contribution in [0.5, 0.6) is 11.5 Å². The zero-order valence-corrected chi connectivity index (χ0v) is 29.6. The van der Waals surface area contributed by atoms with Crippen LogP contribution in [0.2, 0.25) is 0 Å². The number of carbonyl (C=O) groups is 3. The Labute approximate surface area is 293 Å². The summed E-state index contributed by atoms with van der Waals surface area (Å²) in [5.74, 6) is -4.73. The number of aliphatic hydroxyl groups excluding tert-OH is 2. The van der Waals surface area contributed by atoms with Gasteiger partial charge in [-0.1, -0.05) is 70.2 Å². The fourth-order valence-electron chi connectivity index (χ4n) is 9.41. The highest BCUT2D eigenvalue weighted by atomic mass is 16.5. The van der Waals surface area contributed by atoms with E-state index < -0.39 is 56.8 Å². The summed E-state index contributed by atoms with van der Waals surface area (Å²) in [7, 11) is 1.58. The maximum absolute atomic E-state index is 14.5. The maximum Gasteiger partial charge on any atom is 0.209 e. The molecule has 4 atom stereocenters. The molecule has 3 aliphatic carbocycles. The summed E-state index contributed by atoms with van der Waals surface area (Å²) in [5.41, 5.74) is -1.60. The minimum Gasteiger partial charge on any atom is -0.511 e. The van der Waals surface area contributed by atoms with Crippen molar-refractivity contribution in [3.05, 3.63) is 106 Å². The molecule has 0 amide bonds. The Morgan fingerprint density at radius 3 is 2.20 bits per heavy atom. The van der Waals surface area contributed by atoms with Crippen LogP contribution < -0.4 is 4.74 Å². The first-order chi connectivity index (χ1) is 23.6. The molecule has 0 saturated heterocycles. The standard InChI is InChI=1S/C42H46O8/c1-23(2)34-36(45)32(24(3)43)38(47)42(49)39(48)35-37(46)33-29(21-40(35,4)22-41(34,42)5)27(17-18-30(33)44)28-20-26(16-19-31(28)50-6)15-11-10-14-25-12-8-7-9-13-25/h7-9,12-13,16-20,23,34,44-45,48-49H,10-11,14-15,21-22H2,1-6H3/t34?,40-,41-,42+/m1/s1. The molecule has 0 bridgehead atoms. The summed E-state index contributed by atoms with van der Waals surface area (Å²) in [5, 5.41) is 46.9. The highest BCUT2D eigenvalue weighted by molar-refractivity contribution is 6.25. The van der Waals surface area contributed by atoms with Crippen LogP contribution in [0.4, 0.5) is 0 Å². The predicted molar refractivity (Wildman–Crippen MR) is 190 cm³/mol. The Hall–Kier alpha value is -4.69. The first-order valence-corrected chi connectivity index (χ1v) is 17.4. The second-order valence-electron chi connectivity index (χ2n) is 15.2. The van der Waals surface area contributed by atoms with Gasteiger partial charge in [-0.15, -0.1) is 0 Å². The van der Waals surface area contributed by atoms with Crippen molar-refractivity contribution in [1.29, 1.82) is 0 Å². The minimum absolute atomic E-state index is 0.0158. The van der Waals surface area contributed by atoms with E-state index in [-0.39, 0.29) is 35.6 Å². The van der Waals surface area contributed by atoms with Crippen LogP contribution in [-0.4, -0.2) is 50.5 Å². The molecule has 0 heterocycles. The number of benzene rings is 3. The van der Waals surface area contributed by atoms with Gasteiger partial charge in [0.15, 0.2) is 17.2 Å². The Bertz CT molecular complexity index is 1970. The molecule has 6 rings (SSSR count). The summed E-state index contributed by atoms with van der Waals surface area (Å²) in [4.78, 5) is 41.2. The number of aryl methyl sites for hydroxylation is 2. The van der Waals surface area contributed by atoms with Gasteiger partial charge in [0.25, 0.3) is 0 Å². The highest BCUT2D eigenvalue weighted by Gasteiger charge is 2.71. The number of unbranched alkanes of at least 4 members (excludes halogenated alkanes) is 1. The number of carbonyl (C=O) groups excluding carboxylic acids is 3. The Morgan fingerprint density at radius 1 is 0.920 bits per heavy atom. The molecule has 262 valence electrons. The molecule has 0 aromatic heterocycles. The van der Waals surface area contributed by atoms with Crippen LogP contribution in [-0.2, 0) is 28.9 Å². The van der Waals surface area contributed by atoms with Gasteiger partial charge in [-0.05, 0) is 91.8 Å². The zero-order chi connectivity index (χ0) is 36.3. The lowest BCUT2D eigenvalue weighted by atomic mass is 9.44. The van der Waals surface area contributed by atoms with E-state index >= 15 is 0 Å². The average Bonchev–Trinajstić information content (AvgIpc) is 3.05. The number of aliphatic hydroxyl groups is 3. The van der Waals surface area contributed by atoms with Crippen molar-refractivity contribution in [2.24, 2.45) is 22.7 Å². The molecular weight excluding hydrogens is 632 g/mol. The Kier molecular flexibility index (Phi) is 8.84. The number of hydrogen-bond acceptors (Lipinski definition) is 8. The van der Waals surface area contributed by atoms with Gasteiger partial charge < -0.3 is 25.2 Å². The van der Waals surface area contributed by atoms with E-state index in [4.69, 9.17) is 4.74 Å². The molecule has 8 nitrogen and oxygen atoms in total. The molecule has 1 unspecified atom stereocenters. The van der Waals surface area contributed by atoms with Crippen molar-refractivity contribution in [1.82, 2.24) is 0 Å². The number of phenolic OH excluding ortho intramolecular Hbond substituents is 1. The van der Waals surface area contributed by atoms with E-state index in [1.165, 1.54) is 11.6 Å². The molecule has 0 fully saturated rings. The second kappa shape index (κ2) is 12.6. The van der Waals surface area contributed by atoms with Gasteiger partial charge in [-0.3, -0.25) is 14.4 Å². The van der Waals surface area contributed by atoms with Crippen molar-refractivity contribution in [2.45, 2.75) is 78.7 Å². The largest absolute Gasteiger partial charge is 0.511 e. The average molecular weight is 679 g/mol. The van der Waals surface area contributed by atoms with E-state index in [0.717, 1.165) is 43.7 Å². The number of rotatable bonds is 9. The Morgan fingerprint density at radius 2 is 1.58 bits per heavy atom. The third-order valence-electron chi connectivity index (χ3n) is 11.5. The lowest BCUT2D eigenvalue weighted by Gasteiger charge is -2.59. The van der Waals surface area contributed by atoms with Crippen molar-refractivity contribution >= 4 is 17.3 Å². The number of hydrogen-bond donors (Lipinski definition) is 4. The van der Waals surface area contributed by atoms with E-state index in [2.05, 4.69) is 18.2 Å². The molecule has 0 radical (unpaired) electrons. The number of aromatic hydroxyl groups is 1. The van der Waals surface area contributed by atoms with Crippen molar-refractivity contribution in [2.75, 3.05) is 7.11 Å². The summed E-state index contributed by atoms with van der Waals surface area (Å²) in [6.45, 7) is 8.20. The molecule has 0 spiro atoms. The van der Waals surface area contributed by atoms with Gasteiger partial charge in [0.05, 0.1) is 12.7 Å².